The zero-order chi connectivity index (χ0) is 11.3. The van der Waals surface area contributed by atoms with E-state index in [2.05, 4.69) is 24.1 Å². The monoisotopic (exact) mass is 210 g/mol. The molecule has 1 N–H and O–H groups in total. The Morgan fingerprint density at radius 1 is 1.53 bits per heavy atom. The summed E-state index contributed by atoms with van der Waals surface area (Å²) in [7, 11) is 0. The van der Waals surface area contributed by atoms with Crippen molar-refractivity contribution in [1.82, 2.24) is 10.3 Å². The van der Waals surface area contributed by atoms with E-state index in [-0.39, 0.29) is 5.91 Å². The van der Waals surface area contributed by atoms with Gasteiger partial charge in [0.05, 0.1) is 5.69 Å². The third-order valence-corrected chi connectivity index (χ3v) is 2.66. The first-order valence-electron chi connectivity index (χ1n) is 5.37. The average molecular weight is 210 g/mol. The molecule has 0 fully saturated rings. The highest BCUT2D eigenvalue weighted by atomic mass is 16.3. The molecule has 15 heavy (non-hydrogen) atoms. The summed E-state index contributed by atoms with van der Waals surface area (Å²) >= 11 is 0. The zero-order valence-electron chi connectivity index (χ0n) is 9.54. The Morgan fingerprint density at radius 2 is 2.20 bits per heavy atom. The van der Waals surface area contributed by atoms with Crippen LogP contribution in [0.2, 0.25) is 0 Å². The van der Waals surface area contributed by atoms with Crippen molar-refractivity contribution in [2.45, 2.75) is 33.6 Å². The first kappa shape index (κ1) is 11.8. The summed E-state index contributed by atoms with van der Waals surface area (Å²) in [5.41, 5.74) is 0.636. The highest BCUT2D eigenvalue weighted by molar-refractivity contribution is 5.92. The van der Waals surface area contributed by atoms with Gasteiger partial charge in [-0.3, -0.25) is 4.79 Å². The molecule has 0 unspecified atom stereocenters. The van der Waals surface area contributed by atoms with Crippen molar-refractivity contribution in [2.24, 2.45) is 5.92 Å². The molecule has 1 aromatic rings. The summed E-state index contributed by atoms with van der Waals surface area (Å²) in [5.74, 6) is 0.690. The molecule has 0 radical (unpaired) electrons. The van der Waals surface area contributed by atoms with Crippen LogP contribution >= 0.6 is 0 Å². The number of carbonyl (C=O) groups excluding carboxylic acids is 1. The highest BCUT2D eigenvalue weighted by Crippen LogP contribution is 2.07. The van der Waals surface area contributed by atoms with Gasteiger partial charge in [0, 0.05) is 6.54 Å². The maximum atomic E-state index is 11.6. The molecule has 0 saturated carbocycles. The lowest BCUT2D eigenvalue weighted by Gasteiger charge is -2.12. The van der Waals surface area contributed by atoms with Crippen molar-refractivity contribution < 1.29 is 9.21 Å². The topological polar surface area (TPSA) is 55.1 Å². The fourth-order valence-corrected chi connectivity index (χ4v) is 1.41. The molecule has 0 bridgehead atoms. The number of hydrogen-bond donors (Lipinski definition) is 1. The normalized spacial score (nSPS) is 10.7. The largest absolute Gasteiger partial charge is 0.438 e. The van der Waals surface area contributed by atoms with E-state index in [1.165, 1.54) is 6.39 Å². The second-order valence-electron chi connectivity index (χ2n) is 3.66. The molecule has 1 amide bonds. The maximum Gasteiger partial charge on any atom is 0.289 e. The van der Waals surface area contributed by atoms with E-state index in [4.69, 9.17) is 4.42 Å². The van der Waals surface area contributed by atoms with E-state index in [1.54, 1.807) is 6.92 Å². The summed E-state index contributed by atoms with van der Waals surface area (Å²) < 4.78 is 5.00. The first-order valence-corrected chi connectivity index (χ1v) is 5.37. The van der Waals surface area contributed by atoms with Crippen molar-refractivity contribution in [3.8, 4) is 0 Å². The summed E-state index contributed by atoms with van der Waals surface area (Å²) in [6.07, 6.45) is 3.44. The second-order valence-corrected chi connectivity index (χ2v) is 3.66. The number of nitrogens with zero attached hydrogens (tertiary/aromatic N) is 1. The lowest BCUT2D eigenvalue weighted by atomic mass is 10.0. The van der Waals surface area contributed by atoms with Crippen LogP contribution in [0.4, 0.5) is 0 Å². The van der Waals surface area contributed by atoms with Crippen LogP contribution < -0.4 is 5.32 Å². The van der Waals surface area contributed by atoms with Crippen LogP contribution in [-0.2, 0) is 0 Å². The molecule has 84 valence electrons. The predicted octanol–water partition coefficient (Wildman–Crippen LogP) is 2.15. The number of rotatable bonds is 5. The molecule has 0 spiro atoms. The number of carbonyl (C=O) groups is 1. The van der Waals surface area contributed by atoms with Crippen LogP contribution in [0.25, 0.3) is 0 Å². The van der Waals surface area contributed by atoms with E-state index in [9.17, 15) is 4.79 Å². The SMILES string of the molecule is CCC(CC)CNC(=O)c1ocnc1C. The Kier molecular flexibility index (Phi) is 4.34. The van der Waals surface area contributed by atoms with Gasteiger partial charge in [-0.2, -0.15) is 0 Å². The van der Waals surface area contributed by atoms with Crippen LogP contribution in [0.15, 0.2) is 10.8 Å². The molecule has 0 atom stereocenters. The molecular weight excluding hydrogens is 192 g/mol. The molecule has 1 heterocycles. The minimum atomic E-state index is -0.170. The van der Waals surface area contributed by atoms with Crippen LogP contribution in [0.3, 0.4) is 0 Å². The first-order chi connectivity index (χ1) is 7.19. The Labute approximate surface area is 90.1 Å². The fourth-order valence-electron chi connectivity index (χ4n) is 1.41. The second kappa shape index (κ2) is 5.53. The number of hydrogen-bond acceptors (Lipinski definition) is 3. The van der Waals surface area contributed by atoms with Crippen LogP contribution in [-0.4, -0.2) is 17.4 Å². The van der Waals surface area contributed by atoms with Gasteiger partial charge in [0.25, 0.3) is 5.91 Å². The third kappa shape index (κ3) is 3.08. The Balaban J connectivity index is 2.47. The molecule has 0 aliphatic heterocycles. The van der Waals surface area contributed by atoms with E-state index >= 15 is 0 Å². The van der Waals surface area contributed by atoms with E-state index < -0.39 is 0 Å². The minimum absolute atomic E-state index is 0.170. The van der Waals surface area contributed by atoms with Gasteiger partial charge in [-0.05, 0) is 12.8 Å². The van der Waals surface area contributed by atoms with Gasteiger partial charge in [-0.25, -0.2) is 4.98 Å². The quantitative estimate of drug-likeness (QED) is 0.810. The fraction of sp³-hybridized carbons (Fsp3) is 0.636. The lowest BCUT2D eigenvalue weighted by Crippen LogP contribution is -2.29. The molecule has 4 nitrogen and oxygen atoms in total. The summed E-state index contributed by atoms with van der Waals surface area (Å²) in [5, 5.41) is 2.86. The summed E-state index contributed by atoms with van der Waals surface area (Å²) in [4.78, 5) is 15.5. The number of oxazole rings is 1. The van der Waals surface area contributed by atoms with Gasteiger partial charge in [0.2, 0.25) is 5.76 Å². The number of nitrogens with one attached hydrogen (secondary N) is 1. The minimum Gasteiger partial charge on any atom is -0.438 e. The molecule has 4 heteroatoms. The zero-order valence-corrected chi connectivity index (χ0v) is 9.54. The molecule has 1 aromatic heterocycles. The van der Waals surface area contributed by atoms with E-state index in [0.29, 0.717) is 23.9 Å². The third-order valence-electron chi connectivity index (χ3n) is 2.66. The van der Waals surface area contributed by atoms with Gasteiger partial charge in [0.1, 0.15) is 0 Å². The van der Waals surface area contributed by atoms with Crippen molar-refractivity contribution >= 4 is 5.91 Å². The molecule has 0 aromatic carbocycles. The maximum absolute atomic E-state index is 11.6. The predicted molar refractivity (Wildman–Crippen MR) is 57.6 cm³/mol. The van der Waals surface area contributed by atoms with Gasteiger partial charge in [-0.1, -0.05) is 26.7 Å². The molecule has 0 saturated heterocycles. The van der Waals surface area contributed by atoms with Gasteiger partial charge in [0.15, 0.2) is 6.39 Å². The number of amides is 1. The molecule has 0 aliphatic rings. The van der Waals surface area contributed by atoms with Crippen molar-refractivity contribution in [2.75, 3.05) is 6.54 Å². The number of aryl methyl sites for hydroxylation is 1. The van der Waals surface area contributed by atoms with E-state index in [0.717, 1.165) is 12.8 Å². The van der Waals surface area contributed by atoms with Crippen molar-refractivity contribution in [3.63, 3.8) is 0 Å². The van der Waals surface area contributed by atoms with Crippen molar-refractivity contribution in [3.05, 3.63) is 17.8 Å². The van der Waals surface area contributed by atoms with Crippen LogP contribution in [0.1, 0.15) is 42.9 Å². The standard InChI is InChI=1S/C11H18N2O2/c1-4-9(5-2)6-12-11(14)10-8(3)13-7-15-10/h7,9H,4-6H2,1-3H3,(H,12,14). The lowest BCUT2D eigenvalue weighted by molar-refractivity contribution is 0.0918. The molecular formula is C11H18N2O2. The van der Waals surface area contributed by atoms with Crippen LogP contribution in [0.5, 0.6) is 0 Å². The van der Waals surface area contributed by atoms with Crippen molar-refractivity contribution in [1.29, 1.82) is 0 Å². The number of aromatic nitrogens is 1. The summed E-state index contributed by atoms with van der Waals surface area (Å²) in [6, 6.07) is 0. The Bertz CT molecular complexity index is 316. The summed E-state index contributed by atoms with van der Waals surface area (Å²) in [6.45, 7) is 6.71. The van der Waals surface area contributed by atoms with Gasteiger partial charge < -0.3 is 9.73 Å². The smallest absolute Gasteiger partial charge is 0.289 e. The van der Waals surface area contributed by atoms with E-state index in [1.807, 2.05) is 0 Å². The van der Waals surface area contributed by atoms with Gasteiger partial charge in [-0.15, -0.1) is 0 Å². The molecule has 0 aliphatic carbocycles. The van der Waals surface area contributed by atoms with Crippen LogP contribution in [0, 0.1) is 12.8 Å². The average Bonchev–Trinajstić information content (AvgIpc) is 2.66. The molecule has 1 rings (SSSR count). The van der Waals surface area contributed by atoms with Gasteiger partial charge >= 0.3 is 0 Å². The highest BCUT2D eigenvalue weighted by Gasteiger charge is 2.14. The Hall–Kier alpha value is -1.32. The Morgan fingerprint density at radius 3 is 2.67 bits per heavy atom.